The number of hydrogen-bond donors (Lipinski definition) is 0. The van der Waals surface area contributed by atoms with Crippen LogP contribution in [0, 0.1) is 5.92 Å². The van der Waals surface area contributed by atoms with Crippen molar-refractivity contribution in [3.8, 4) is 0 Å². The number of nitrogens with zero attached hydrogens (tertiary/aromatic N) is 1. The van der Waals surface area contributed by atoms with E-state index in [2.05, 4.69) is 20.8 Å². The molecular formula is C16H22NO4S-. The second-order valence-corrected chi connectivity index (χ2v) is 8.71. The van der Waals surface area contributed by atoms with Gasteiger partial charge in [0.25, 0.3) is 0 Å². The Labute approximate surface area is 132 Å². The highest BCUT2D eigenvalue weighted by Gasteiger charge is 2.30. The summed E-state index contributed by atoms with van der Waals surface area (Å²) in [5.74, 6) is -1.64. The van der Waals surface area contributed by atoms with Gasteiger partial charge in [0.15, 0.2) is 0 Å². The smallest absolute Gasteiger partial charge is 0.243 e. The third kappa shape index (κ3) is 3.50. The topological polar surface area (TPSA) is 77.5 Å². The summed E-state index contributed by atoms with van der Waals surface area (Å²) in [6.45, 7) is 6.66. The van der Waals surface area contributed by atoms with Crippen LogP contribution < -0.4 is 5.11 Å². The van der Waals surface area contributed by atoms with Crippen molar-refractivity contribution in [3.05, 3.63) is 29.8 Å². The summed E-state index contributed by atoms with van der Waals surface area (Å²) in [5.41, 5.74) is 1.04. The fraction of sp³-hybridized carbons (Fsp3) is 0.562. The normalized spacial score (nSPS) is 18.3. The van der Waals surface area contributed by atoms with E-state index in [1.807, 2.05) is 12.1 Å². The molecular weight excluding hydrogens is 302 g/mol. The van der Waals surface area contributed by atoms with Gasteiger partial charge in [-0.25, -0.2) is 8.42 Å². The van der Waals surface area contributed by atoms with Crippen molar-refractivity contribution in [2.45, 2.75) is 43.9 Å². The molecule has 0 radical (unpaired) electrons. The van der Waals surface area contributed by atoms with E-state index < -0.39 is 21.9 Å². The van der Waals surface area contributed by atoms with Gasteiger partial charge in [-0.05, 0) is 36.0 Å². The average molecular weight is 324 g/mol. The molecule has 0 atom stereocenters. The van der Waals surface area contributed by atoms with Crippen LogP contribution in [-0.2, 0) is 20.2 Å². The molecule has 0 N–H and O–H groups in total. The van der Waals surface area contributed by atoms with Gasteiger partial charge in [-0.15, -0.1) is 0 Å². The summed E-state index contributed by atoms with van der Waals surface area (Å²) in [6.07, 6.45) is 0.614. The molecule has 1 saturated heterocycles. The summed E-state index contributed by atoms with van der Waals surface area (Å²) in [7, 11) is -3.55. The van der Waals surface area contributed by atoms with Crippen LogP contribution in [0.5, 0.6) is 0 Å². The number of sulfonamides is 1. The predicted molar refractivity (Wildman–Crippen MR) is 81.6 cm³/mol. The number of hydrogen-bond acceptors (Lipinski definition) is 4. The highest BCUT2D eigenvalue weighted by atomic mass is 32.2. The van der Waals surface area contributed by atoms with E-state index in [1.54, 1.807) is 12.1 Å². The van der Waals surface area contributed by atoms with Gasteiger partial charge in [-0.2, -0.15) is 4.31 Å². The second kappa shape index (κ2) is 6.01. The largest absolute Gasteiger partial charge is 0.550 e. The van der Waals surface area contributed by atoms with Crippen molar-refractivity contribution in [2.75, 3.05) is 13.1 Å². The highest BCUT2D eigenvalue weighted by molar-refractivity contribution is 7.89. The maximum absolute atomic E-state index is 12.6. The van der Waals surface area contributed by atoms with Crippen molar-refractivity contribution in [1.29, 1.82) is 0 Å². The third-order valence-electron chi connectivity index (χ3n) is 4.15. The molecule has 0 spiro atoms. The van der Waals surface area contributed by atoms with E-state index in [0.717, 1.165) is 5.56 Å². The lowest BCUT2D eigenvalue weighted by Crippen LogP contribution is -2.43. The fourth-order valence-electron chi connectivity index (χ4n) is 2.61. The minimum atomic E-state index is -3.55. The van der Waals surface area contributed by atoms with Gasteiger partial charge >= 0.3 is 0 Å². The van der Waals surface area contributed by atoms with E-state index in [4.69, 9.17) is 0 Å². The Balaban J connectivity index is 2.16. The molecule has 1 aliphatic rings. The Morgan fingerprint density at radius 1 is 1.14 bits per heavy atom. The first kappa shape index (κ1) is 17.0. The van der Waals surface area contributed by atoms with Crippen LogP contribution in [0.25, 0.3) is 0 Å². The molecule has 0 amide bonds. The molecule has 0 saturated carbocycles. The summed E-state index contributed by atoms with van der Waals surface area (Å²) in [5, 5.41) is 10.8. The quantitative estimate of drug-likeness (QED) is 0.835. The van der Waals surface area contributed by atoms with Crippen molar-refractivity contribution in [1.82, 2.24) is 4.31 Å². The maximum atomic E-state index is 12.6. The van der Waals surface area contributed by atoms with Crippen LogP contribution >= 0.6 is 0 Å². The first-order valence-electron chi connectivity index (χ1n) is 7.44. The number of carbonyl (C=O) groups excluding carboxylic acids is 1. The number of piperidine rings is 1. The van der Waals surface area contributed by atoms with E-state index in [9.17, 15) is 18.3 Å². The van der Waals surface area contributed by atoms with E-state index in [0.29, 0.717) is 12.8 Å². The van der Waals surface area contributed by atoms with Crippen LogP contribution in [0.15, 0.2) is 29.2 Å². The molecule has 2 rings (SSSR count). The highest BCUT2D eigenvalue weighted by Crippen LogP contribution is 2.26. The number of carbonyl (C=O) groups is 1. The monoisotopic (exact) mass is 324 g/mol. The average Bonchev–Trinajstić information content (AvgIpc) is 2.46. The molecule has 1 fully saturated rings. The molecule has 1 aromatic rings. The second-order valence-electron chi connectivity index (χ2n) is 6.77. The van der Waals surface area contributed by atoms with Crippen molar-refractivity contribution < 1.29 is 18.3 Å². The minimum absolute atomic E-state index is 0.0326. The number of benzene rings is 1. The zero-order valence-corrected chi connectivity index (χ0v) is 14.0. The first-order valence-corrected chi connectivity index (χ1v) is 8.88. The number of rotatable bonds is 3. The van der Waals surface area contributed by atoms with Gasteiger partial charge in [0, 0.05) is 25.0 Å². The number of carboxylic acid groups (broad SMARTS) is 1. The molecule has 0 bridgehead atoms. The van der Waals surface area contributed by atoms with Gasteiger partial charge in [-0.3, -0.25) is 0 Å². The zero-order valence-electron chi connectivity index (χ0n) is 13.2. The molecule has 122 valence electrons. The standard InChI is InChI=1S/C16H23NO4S/c1-16(2,3)13-4-6-14(7-5-13)22(20,21)17-10-8-12(9-11-17)15(18)19/h4-7,12H,8-11H2,1-3H3,(H,18,19)/p-1. The molecule has 0 unspecified atom stereocenters. The molecule has 5 nitrogen and oxygen atoms in total. The maximum Gasteiger partial charge on any atom is 0.243 e. The minimum Gasteiger partial charge on any atom is -0.550 e. The zero-order chi connectivity index (χ0) is 16.5. The Hall–Kier alpha value is -1.40. The van der Waals surface area contributed by atoms with Crippen molar-refractivity contribution in [2.24, 2.45) is 5.92 Å². The van der Waals surface area contributed by atoms with Gasteiger partial charge in [-0.1, -0.05) is 32.9 Å². The SMILES string of the molecule is CC(C)(C)c1ccc(S(=O)(=O)N2CCC(C(=O)[O-])CC2)cc1. The Kier molecular flexibility index (Phi) is 4.63. The lowest BCUT2D eigenvalue weighted by molar-refractivity contribution is -0.312. The number of aliphatic carboxylic acids is 1. The lowest BCUT2D eigenvalue weighted by atomic mass is 9.87. The van der Waals surface area contributed by atoms with Gasteiger partial charge in [0.2, 0.25) is 10.0 Å². The van der Waals surface area contributed by atoms with Crippen LogP contribution in [0.2, 0.25) is 0 Å². The lowest BCUT2D eigenvalue weighted by Gasteiger charge is -2.31. The molecule has 6 heteroatoms. The Morgan fingerprint density at radius 3 is 2.05 bits per heavy atom. The van der Waals surface area contributed by atoms with Gasteiger partial charge < -0.3 is 9.90 Å². The molecule has 22 heavy (non-hydrogen) atoms. The van der Waals surface area contributed by atoms with E-state index in [1.165, 1.54) is 4.31 Å². The summed E-state index contributed by atoms with van der Waals surface area (Å²) < 4.78 is 26.5. The van der Waals surface area contributed by atoms with Crippen molar-refractivity contribution >= 4 is 16.0 Å². The molecule has 1 aliphatic heterocycles. The Morgan fingerprint density at radius 2 is 1.64 bits per heavy atom. The summed E-state index contributed by atoms with van der Waals surface area (Å²) >= 11 is 0. The molecule has 1 heterocycles. The predicted octanol–water partition coefficient (Wildman–Crippen LogP) is 1.13. The number of carboxylic acids is 1. The van der Waals surface area contributed by atoms with Gasteiger partial charge in [0.1, 0.15) is 0 Å². The van der Waals surface area contributed by atoms with Crippen LogP contribution in [0.1, 0.15) is 39.2 Å². The summed E-state index contributed by atoms with van der Waals surface area (Å²) in [4.78, 5) is 11.1. The summed E-state index contributed by atoms with van der Waals surface area (Å²) in [6, 6.07) is 6.92. The third-order valence-corrected chi connectivity index (χ3v) is 6.06. The van der Waals surface area contributed by atoms with Crippen molar-refractivity contribution in [3.63, 3.8) is 0 Å². The van der Waals surface area contributed by atoms with E-state index >= 15 is 0 Å². The Bertz CT molecular complexity index is 636. The molecule has 0 aliphatic carbocycles. The molecule has 0 aromatic heterocycles. The van der Waals surface area contributed by atoms with Crippen LogP contribution in [0.3, 0.4) is 0 Å². The van der Waals surface area contributed by atoms with Crippen LogP contribution in [0.4, 0.5) is 0 Å². The first-order chi connectivity index (χ1) is 10.1. The van der Waals surface area contributed by atoms with E-state index in [-0.39, 0.29) is 23.4 Å². The van der Waals surface area contributed by atoms with Crippen LogP contribution in [-0.4, -0.2) is 31.8 Å². The molecule has 1 aromatic carbocycles. The van der Waals surface area contributed by atoms with Gasteiger partial charge in [0.05, 0.1) is 4.90 Å². The fourth-order valence-corrected chi connectivity index (χ4v) is 4.08.